The Morgan fingerprint density at radius 2 is 0.528 bits per heavy atom. The zero-order valence-corrected chi connectivity index (χ0v) is 36.2. The Kier molecular flexibility index (Phi) is 43.9. The highest BCUT2D eigenvalue weighted by atomic mass is 16.5. The molecule has 0 aliphatic rings. The number of carbonyl (C=O) groups is 2. The molecule has 0 atom stereocenters. The third-order valence-corrected chi connectivity index (χ3v) is 11.1. The zero-order valence-electron chi connectivity index (χ0n) is 36.2. The average molecular weight is 747 g/mol. The lowest BCUT2D eigenvalue weighted by molar-refractivity contribution is -0.146. The van der Waals surface area contributed by atoms with Crippen molar-refractivity contribution in [3.8, 4) is 0 Å². The van der Waals surface area contributed by atoms with E-state index in [9.17, 15) is 9.59 Å². The summed E-state index contributed by atoms with van der Waals surface area (Å²) in [6.45, 7) is 9.18. The monoisotopic (exact) mass is 747 g/mol. The lowest BCUT2D eigenvalue weighted by Gasteiger charge is -2.08. The van der Waals surface area contributed by atoms with E-state index in [0.717, 1.165) is 25.7 Å². The van der Waals surface area contributed by atoms with Crippen LogP contribution in [-0.2, 0) is 19.1 Å². The maximum absolute atomic E-state index is 12.2. The van der Waals surface area contributed by atoms with Crippen LogP contribution in [0.1, 0.15) is 277 Å². The van der Waals surface area contributed by atoms with E-state index in [0.29, 0.717) is 13.2 Å². The molecule has 0 radical (unpaired) electrons. The van der Waals surface area contributed by atoms with Crippen molar-refractivity contribution >= 4 is 11.9 Å². The Labute approximate surface area is 332 Å². The number of esters is 2. The van der Waals surface area contributed by atoms with Gasteiger partial charge in [0.1, 0.15) is 0 Å². The number of unbranched alkanes of at least 4 members (excludes halogenated alkanes) is 38. The van der Waals surface area contributed by atoms with Crippen molar-refractivity contribution in [1.29, 1.82) is 0 Å². The minimum absolute atomic E-state index is 0.0721. The average Bonchev–Trinajstić information content (AvgIpc) is 3.15. The summed E-state index contributed by atoms with van der Waals surface area (Å²) >= 11 is 0. The van der Waals surface area contributed by atoms with E-state index in [2.05, 4.69) is 20.4 Å². The molecular weight excluding hydrogens is 653 g/mol. The van der Waals surface area contributed by atoms with Gasteiger partial charge in [-0.15, -0.1) is 0 Å². The number of ether oxygens (including phenoxy) is 2. The Balaban J connectivity index is 3.34. The molecule has 0 spiro atoms. The van der Waals surface area contributed by atoms with E-state index in [-0.39, 0.29) is 18.0 Å². The molecule has 0 rings (SSSR count). The van der Waals surface area contributed by atoms with Gasteiger partial charge in [0.05, 0.1) is 19.6 Å². The normalized spacial score (nSPS) is 11.3. The van der Waals surface area contributed by atoms with E-state index >= 15 is 0 Å². The lowest BCUT2D eigenvalue weighted by atomic mass is 10.0. The van der Waals surface area contributed by atoms with E-state index in [4.69, 9.17) is 9.47 Å². The third-order valence-electron chi connectivity index (χ3n) is 11.1. The van der Waals surface area contributed by atoms with Crippen molar-refractivity contribution < 1.29 is 19.1 Å². The molecular formula is C49H94O4. The fraction of sp³-hybridized carbons (Fsp3) is 0.918. The summed E-state index contributed by atoms with van der Waals surface area (Å²) in [6, 6.07) is 0. The summed E-state index contributed by atoms with van der Waals surface area (Å²) in [4.78, 5) is 24.3. The molecule has 53 heavy (non-hydrogen) atoms. The molecule has 0 aliphatic carbocycles. The largest absolute Gasteiger partial charge is 0.465 e. The van der Waals surface area contributed by atoms with Gasteiger partial charge >= 0.3 is 11.9 Å². The van der Waals surface area contributed by atoms with Gasteiger partial charge in [-0.05, 0) is 12.8 Å². The van der Waals surface area contributed by atoms with Crippen LogP contribution >= 0.6 is 0 Å². The SMILES string of the molecule is C=C(CC(=O)OCCCCCCCCCCCCCCCCCCCCCC)C(=O)OCCCCCCCCCCCCCCCCCCCCCC. The summed E-state index contributed by atoms with van der Waals surface area (Å²) in [5, 5.41) is 0. The first-order valence-electron chi connectivity index (χ1n) is 24.1. The molecule has 4 nitrogen and oxygen atoms in total. The van der Waals surface area contributed by atoms with Crippen molar-refractivity contribution in [2.24, 2.45) is 0 Å². The standard InChI is InChI=1S/C49H94O4/c1-4-6-8-10-12-14-16-18-20-22-24-26-28-30-32-34-36-38-40-42-44-52-48(50)46-47(3)49(51)53-45-43-41-39-37-35-33-31-29-27-25-23-21-19-17-15-13-11-9-7-5-2/h3-46H2,1-2H3. The Morgan fingerprint density at radius 3 is 0.774 bits per heavy atom. The molecule has 0 amide bonds. The molecule has 0 N–H and O–H groups in total. The third kappa shape index (κ3) is 43.3. The minimum Gasteiger partial charge on any atom is -0.465 e. The van der Waals surface area contributed by atoms with Crippen molar-refractivity contribution in [2.75, 3.05) is 13.2 Å². The molecule has 0 aromatic rings. The Morgan fingerprint density at radius 1 is 0.321 bits per heavy atom. The van der Waals surface area contributed by atoms with E-state index < -0.39 is 5.97 Å². The number of carbonyl (C=O) groups excluding carboxylic acids is 2. The predicted molar refractivity (Wildman–Crippen MR) is 232 cm³/mol. The molecule has 0 saturated heterocycles. The lowest BCUT2D eigenvalue weighted by Crippen LogP contribution is -2.14. The van der Waals surface area contributed by atoms with Crippen LogP contribution in [0, 0.1) is 0 Å². The van der Waals surface area contributed by atoms with Crippen molar-refractivity contribution in [3.05, 3.63) is 12.2 Å². The topological polar surface area (TPSA) is 52.6 Å². The van der Waals surface area contributed by atoms with Crippen LogP contribution in [0.15, 0.2) is 12.2 Å². The maximum Gasteiger partial charge on any atom is 0.333 e. The van der Waals surface area contributed by atoms with E-state index in [1.807, 2.05) is 0 Å². The van der Waals surface area contributed by atoms with Gasteiger partial charge in [-0.25, -0.2) is 4.79 Å². The van der Waals surface area contributed by atoms with Crippen molar-refractivity contribution in [1.82, 2.24) is 0 Å². The van der Waals surface area contributed by atoms with E-state index in [1.54, 1.807) is 0 Å². The first kappa shape index (κ1) is 51.7. The van der Waals surface area contributed by atoms with E-state index in [1.165, 1.54) is 231 Å². The molecule has 0 aromatic heterocycles. The fourth-order valence-corrected chi connectivity index (χ4v) is 7.46. The number of hydrogen-bond acceptors (Lipinski definition) is 4. The highest BCUT2D eigenvalue weighted by molar-refractivity contribution is 5.93. The van der Waals surface area contributed by atoms with Crippen molar-refractivity contribution in [2.45, 2.75) is 277 Å². The molecule has 314 valence electrons. The van der Waals surface area contributed by atoms with Crippen LogP contribution in [0.25, 0.3) is 0 Å². The molecule has 0 aromatic carbocycles. The summed E-state index contributed by atoms with van der Waals surface area (Å²) in [6.07, 6.45) is 53.9. The van der Waals surface area contributed by atoms with Crippen LogP contribution < -0.4 is 0 Å². The fourth-order valence-electron chi connectivity index (χ4n) is 7.46. The molecule has 0 unspecified atom stereocenters. The van der Waals surface area contributed by atoms with Crippen molar-refractivity contribution in [3.63, 3.8) is 0 Å². The molecule has 0 bridgehead atoms. The van der Waals surface area contributed by atoms with Crippen LogP contribution in [-0.4, -0.2) is 25.2 Å². The van der Waals surface area contributed by atoms with Crippen LogP contribution in [0.2, 0.25) is 0 Å². The van der Waals surface area contributed by atoms with Crippen LogP contribution in [0.5, 0.6) is 0 Å². The first-order chi connectivity index (χ1) is 26.1. The summed E-state index contributed by atoms with van der Waals surface area (Å²) < 4.78 is 10.7. The van der Waals surface area contributed by atoms with Crippen LogP contribution in [0.3, 0.4) is 0 Å². The van der Waals surface area contributed by atoms with Gasteiger partial charge in [0.2, 0.25) is 0 Å². The van der Waals surface area contributed by atoms with Gasteiger partial charge < -0.3 is 9.47 Å². The van der Waals surface area contributed by atoms with Gasteiger partial charge in [-0.2, -0.15) is 0 Å². The quantitative estimate of drug-likeness (QED) is 0.0354. The second kappa shape index (κ2) is 45.1. The van der Waals surface area contributed by atoms with Gasteiger partial charge in [0.25, 0.3) is 0 Å². The van der Waals surface area contributed by atoms with Gasteiger partial charge in [-0.3, -0.25) is 4.79 Å². The summed E-state index contributed by atoms with van der Waals surface area (Å²) in [5.41, 5.74) is 0.201. The first-order valence-corrected chi connectivity index (χ1v) is 24.1. The zero-order chi connectivity index (χ0) is 38.6. The second-order valence-corrected chi connectivity index (χ2v) is 16.6. The number of hydrogen-bond donors (Lipinski definition) is 0. The number of rotatable bonds is 45. The summed E-state index contributed by atoms with van der Waals surface area (Å²) in [5.74, 6) is -0.831. The highest BCUT2D eigenvalue weighted by Gasteiger charge is 2.14. The Hall–Kier alpha value is -1.32. The molecule has 0 fully saturated rings. The molecule has 0 aliphatic heterocycles. The molecule has 4 heteroatoms. The molecule has 0 heterocycles. The highest BCUT2D eigenvalue weighted by Crippen LogP contribution is 2.17. The smallest absolute Gasteiger partial charge is 0.333 e. The Bertz CT molecular complexity index is 762. The van der Waals surface area contributed by atoms with Gasteiger partial charge in [0, 0.05) is 5.57 Å². The van der Waals surface area contributed by atoms with Crippen LogP contribution in [0.4, 0.5) is 0 Å². The van der Waals surface area contributed by atoms with Gasteiger partial charge in [0.15, 0.2) is 0 Å². The maximum atomic E-state index is 12.2. The minimum atomic E-state index is -0.460. The predicted octanol–water partition coefficient (Wildman–Crippen LogP) is 16.7. The second-order valence-electron chi connectivity index (χ2n) is 16.6. The molecule has 0 saturated carbocycles. The van der Waals surface area contributed by atoms with Gasteiger partial charge in [-0.1, -0.05) is 264 Å². The summed E-state index contributed by atoms with van der Waals surface area (Å²) in [7, 11) is 0.